The van der Waals surface area contributed by atoms with E-state index in [2.05, 4.69) is 10.6 Å². The van der Waals surface area contributed by atoms with Gasteiger partial charge in [0, 0.05) is 6.54 Å². The van der Waals surface area contributed by atoms with Crippen molar-refractivity contribution in [2.75, 3.05) is 6.54 Å². The molecule has 0 aromatic carbocycles. The zero-order chi connectivity index (χ0) is 15.2. The predicted molar refractivity (Wildman–Crippen MR) is 78.6 cm³/mol. The van der Waals surface area contributed by atoms with Crippen LogP contribution in [0, 0.1) is 11.3 Å². The van der Waals surface area contributed by atoms with Gasteiger partial charge in [0.15, 0.2) is 0 Å². The average molecular weight is 284 g/mol. The second kappa shape index (κ2) is 7.50. The maximum Gasteiger partial charge on any atom is 0.326 e. The van der Waals surface area contributed by atoms with Crippen LogP contribution in [0.2, 0.25) is 0 Å². The summed E-state index contributed by atoms with van der Waals surface area (Å²) in [6.45, 7) is 6.02. The molecule has 0 heterocycles. The molecule has 1 rings (SSSR count). The van der Waals surface area contributed by atoms with E-state index in [1.807, 2.05) is 0 Å². The minimum absolute atomic E-state index is 0.386. The lowest BCUT2D eigenvalue weighted by atomic mass is 9.87. The van der Waals surface area contributed by atoms with E-state index in [1.165, 1.54) is 32.1 Å². The third kappa shape index (κ3) is 5.80. The summed E-state index contributed by atoms with van der Waals surface area (Å²) < 4.78 is 0. The highest BCUT2D eigenvalue weighted by atomic mass is 16.4. The number of carboxylic acids is 1. The summed E-state index contributed by atoms with van der Waals surface area (Å²) in [4.78, 5) is 22.9. The SMILES string of the molecule is CC(C)(C)C(NC(=O)NCCC1CCCCC1)C(=O)O. The summed E-state index contributed by atoms with van der Waals surface area (Å²) in [6, 6.07) is -1.26. The van der Waals surface area contributed by atoms with Crippen LogP contribution in [0.1, 0.15) is 59.3 Å². The molecule has 0 radical (unpaired) electrons. The summed E-state index contributed by atoms with van der Waals surface area (Å²) in [7, 11) is 0. The van der Waals surface area contributed by atoms with Crippen LogP contribution >= 0.6 is 0 Å². The molecule has 3 N–H and O–H groups in total. The zero-order valence-corrected chi connectivity index (χ0v) is 12.9. The van der Waals surface area contributed by atoms with E-state index in [4.69, 9.17) is 5.11 Å². The van der Waals surface area contributed by atoms with Crippen LogP contribution < -0.4 is 10.6 Å². The van der Waals surface area contributed by atoms with E-state index in [-0.39, 0.29) is 6.03 Å². The van der Waals surface area contributed by atoms with Crippen LogP contribution in [0.5, 0.6) is 0 Å². The van der Waals surface area contributed by atoms with Crippen LogP contribution in [-0.2, 0) is 4.79 Å². The summed E-state index contributed by atoms with van der Waals surface area (Å²) >= 11 is 0. The Morgan fingerprint density at radius 1 is 1.20 bits per heavy atom. The van der Waals surface area contributed by atoms with Gasteiger partial charge in [-0.05, 0) is 17.8 Å². The Labute approximate surface area is 121 Å². The lowest BCUT2D eigenvalue weighted by molar-refractivity contribution is -0.141. The Morgan fingerprint density at radius 3 is 2.30 bits per heavy atom. The van der Waals surface area contributed by atoms with E-state index < -0.39 is 17.4 Å². The van der Waals surface area contributed by atoms with Gasteiger partial charge in [-0.2, -0.15) is 0 Å². The summed E-state index contributed by atoms with van der Waals surface area (Å²) in [5.41, 5.74) is -0.507. The van der Waals surface area contributed by atoms with Gasteiger partial charge in [0.05, 0.1) is 0 Å². The minimum atomic E-state index is -1.00. The predicted octanol–water partition coefficient (Wildman–Crippen LogP) is 2.76. The maximum absolute atomic E-state index is 11.8. The van der Waals surface area contributed by atoms with Gasteiger partial charge in [-0.1, -0.05) is 52.9 Å². The number of carboxylic acid groups (broad SMARTS) is 1. The fourth-order valence-corrected chi connectivity index (χ4v) is 2.70. The highest BCUT2D eigenvalue weighted by molar-refractivity contribution is 5.83. The second-order valence-corrected chi connectivity index (χ2v) is 6.83. The van der Waals surface area contributed by atoms with Crippen molar-refractivity contribution < 1.29 is 14.7 Å². The van der Waals surface area contributed by atoms with Gasteiger partial charge in [0.25, 0.3) is 0 Å². The first-order chi connectivity index (χ1) is 9.30. The molecule has 0 aromatic rings. The fraction of sp³-hybridized carbons (Fsp3) is 0.867. The van der Waals surface area contributed by atoms with Gasteiger partial charge in [-0.15, -0.1) is 0 Å². The maximum atomic E-state index is 11.8. The third-order valence-corrected chi connectivity index (χ3v) is 3.95. The molecule has 1 aliphatic rings. The monoisotopic (exact) mass is 284 g/mol. The molecule has 0 saturated heterocycles. The Kier molecular flexibility index (Phi) is 6.30. The number of carbonyl (C=O) groups is 2. The zero-order valence-electron chi connectivity index (χ0n) is 12.9. The highest BCUT2D eigenvalue weighted by Crippen LogP contribution is 2.25. The largest absolute Gasteiger partial charge is 0.480 e. The molecule has 20 heavy (non-hydrogen) atoms. The van der Waals surface area contributed by atoms with Crippen molar-refractivity contribution >= 4 is 12.0 Å². The molecule has 5 nitrogen and oxygen atoms in total. The third-order valence-electron chi connectivity index (χ3n) is 3.95. The minimum Gasteiger partial charge on any atom is -0.480 e. The molecule has 0 spiro atoms. The van der Waals surface area contributed by atoms with Crippen molar-refractivity contribution in [1.29, 1.82) is 0 Å². The van der Waals surface area contributed by atoms with Crippen molar-refractivity contribution in [1.82, 2.24) is 10.6 Å². The van der Waals surface area contributed by atoms with Crippen LogP contribution in [0.4, 0.5) is 4.79 Å². The Balaban J connectivity index is 2.29. The molecule has 0 bridgehead atoms. The first kappa shape index (κ1) is 16.8. The van der Waals surface area contributed by atoms with Crippen molar-refractivity contribution in [3.8, 4) is 0 Å². The normalized spacial score (nSPS) is 18.4. The number of amides is 2. The molecular weight excluding hydrogens is 256 g/mol. The van der Waals surface area contributed by atoms with Gasteiger partial charge in [-0.25, -0.2) is 9.59 Å². The lowest BCUT2D eigenvalue weighted by Crippen LogP contribution is -2.52. The van der Waals surface area contributed by atoms with Crippen molar-refractivity contribution in [3.05, 3.63) is 0 Å². The second-order valence-electron chi connectivity index (χ2n) is 6.83. The van der Waals surface area contributed by atoms with E-state index >= 15 is 0 Å². The molecular formula is C15H28N2O3. The van der Waals surface area contributed by atoms with E-state index in [0.717, 1.165) is 6.42 Å². The van der Waals surface area contributed by atoms with Crippen molar-refractivity contribution in [3.63, 3.8) is 0 Å². The number of nitrogens with one attached hydrogen (secondary N) is 2. The summed E-state index contributed by atoms with van der Waals surface area (Å²) in [5.74, 6) is -0.290. The van der Waals surface area contributed by atoms with E-state index in [9.17, 15) is 9.59 Å². The van der Waals surface area contributed by atoms with E-state index in [1.54, 1.807) is 20.8 Å². The number of carbonyl (C=O) groups excluding carboxylic acids is 1. The fourth-order valence-electron chi connectivity index (χ4n) is 2.70. The van der Waals surface area contributed by atoms with Gasteiger partial charge in [-0.3, -0.25) is 0 Å². The van der Waals surface area contributed by atoms with Gasteiger partial charge < -0.3 is 15.7 Å². The summed E-state index contributed by atoms with van der Waals surface area (Å²) in [6.07, 6.45) is 7.41. The average Bonchev–Trinajstić information content (AvgIpc) is 2.35. The molecule has 0 aromatic heterocycles. The quantitative estimate of drug-likeness (QED) is 0.726. The van der Waals surface area contributed by atoms with Crippen LogP contribution in [0.15, 0.2) is 0 Å². The molecule has 116 valence electrons. The standard InChI is InChI=1S/C15H28N2O3/c1-15(2,3)12(13(18)19)17-14(20)16-10-9-11-7-5-4-6-8-11/h11-12H,4-10H2,1-3H3,(H,18,19)(H2,16,17,20). The number of hydrogen-bond donors (Lipinski definition) is 3. The number of urea groups is 1. The van der Waals surface area contributed by atoms with Crippen LogP contribution in [0.3, 0.4) is 0 Å². The molecule has 2 amide bonds. The van der Waals surface area contributed by atoms with E-state index in [0.29, 0.717) is 12.5 Å². The molecule has 1 fully saturated rings. The number of rotatable bonds is 5. The van der Waals surface area contributed by atoms with Crippen molar-refractivity contribution in [2.24, 2.45) is 11.3 Å². The molecule has 0 aliphatic heterocycles. The van der Waals surface area contributed by atoms with Crippen molar-refractivity contribution in [2.45, 2.75) is 65.3 Å². The highest BCUT2D eigenvalue weighted by Gasteiger charge is 2.32. The smallest absolute Gasteiger partial charge is 0.326 e. The topological polar surface area (TPSA) is 78.4 Å². The molecule has 1 saturated carbocycles. The van der Waals surface area contributed by atoms with Gasteiger partial charge in [0.1, 0.15) is 6.04 Å². The van der Waals surface area contributed by atoms with Crippen LogP contribution in [0.25, 0.3) is 0 Å². The molecule has 5 heteroatoms. The first-order valence-corrected chi connectivity index (χ1v) is 7.58. The molecule has 1 unspecified atom stereocenters. The number of aliphatic carboxylic acids is 1. The molecule has 1 atom stereocenters. The summed E-state index contributed by atoms with van der Waals surface area (Å²) in [5, 5.41) is 14.5. The van der Waals surface area contributed by atoms with Gasteiger partial charge >= 0.3 is 12.0 Å². The Morgan fingerprint density at radius 2 is 1.80 bits per heavy atom. The van der Waals surface area contributed by atoms with Crippen LogP contribution in [-0.4, -0.2) is 29.7 Å². The number of hydrogen-bond acceptors (Lipinski definition) is 2. The van der Waals surface area contributed by atoms with Gasteiger partial charge in [0.2, 0.25) is 0 Å². The Bertz CT molecular complexity index is 331. The first-order valence-electron chi connectivity index (χ1n) is 7.58. The lowest BCUT2D eigenvalue weighted by Gasteiger charge is -2.28. The Hall–Kier alpha value is -1.26. The molecule has 1 aliphatic carbocycles.